The molecule has 1 aliphatic rings. The molecule has 9 heteroatoms. The fourth-order valence-electron chi connectivity index (χ4n) is 3.30. The fourth-order valence-corrected chi connectivity index (χ4v) is 4.45. The minimum atomic E-state index is -4.09. The van der Waals surface area contributed by atoms with E-state index < -0.39 is 20.7 Å². The normalized spacial score (nSPS) is 15.0. The van der Waals surface area contributed by atoms with Gasteiger partial charge in [-0.2, -0.15) is 0 Å². The largest absolute Gasteiger partial charge is 0.497 e. The Kier molecular flexibility index (Phi) is 6.21. The van der Waals surface area contributed by atoms with Crippen LogP contribution >= 0.6 is 0 Å². The van der Waals surface area contributed by atoms with Crippen molar-refractivity contribution in [3.63, 3.8) is 0 Å². The van der Waals surface area contributed by atoms with Crippen LogP contribution in [-0.4, -0.2) is 47.0 Å². The minimum absolute atomic E-state index is 0.0514. The van der Waals surface area contributed by atoms with E-state index in [0.29, 0.717) is 23.4 Å². The first-order chi connectivity index (χ1) is 13.7. The summed E-state index contributed by atoms with van der Waals surface area (Å²) in [5.41, 5.74) is 1.79. The number of carbonyl (C=O) groups excluding carboxylic acids is 1. The summed E-state index contributed by atoms with van der Waals surface area (Å²) in [7, 11) is 1.15. The highest BCUT2D eigenvalue weighted by molar-refractivity contribution is 7.89. The molecule has 0 fully saturated rings. The second kappa shape index (κ2) is 8.48. The molecule has 7 nitrogen and oxygen atoms in total. The fraction of sp³-hybridized carbons (Fsp3) is 0.350. The van der Waals surface area contributed by atoms with Crippen molar-refractivity contribution in [1.29, 1.82) is 0 Å². The number of anilines is 1. The van der Waals surface area contributed by atoms with Gasteiger partial charge in [0.25, 0.3) is 0 Å². The maximum atomic E-state index is 14.5. The number of carbonyl (C=O) groups is 1. The highest BCUT2D eigenvalue weighted by Gasteiger charge is 2.26. The number of halogens is 1. The number of aryl methyl sites for hydroxylation is 1. The highest BCUT2D eigenvalue weighted by atomic mass is 32.2. The Balaban J connectivity index is 1.84. The number of hydrogen-bond acceptors (Lipinski definition) is 5. The molecule has 0 radical (unpaired) electrons. The molecule has 0 saturated heterocycles. The van der Waals surface area contributed by atoms with E-state index in [0.717, 1.165) is 11.6 Å². The molecule has 0 bridgehead atoms. The minimum Gasteiger partial charge on any atom is -0.497 e. The Morgan fingerprint density at radius 3 is 2.69 bits per heavy atom. The maximum absolute atomic E-state index is 14.5. The molecular formula is C20H24FN3O4S. The molecule has 1 atom stereocenters. The van der Waals surface area contributed by atoms with Gasteiger partial charge < -0.3 is 15.0 Å². The van der Waals surface area contributed by atoms with E-state index in [2.05, 4.69) is 10.0 Å². The Morgan fingerprint density at radius 2 is 2.00 bits per heavy atom. The van der Waals surface area contributed by atoms with Crippen molar-refractivity contribution in [3.8, 4) is 5.75 Å². The van der Waals surface area contributed by atoms with E-state index in [1.54, 1.807) is 7.11 Å². The summed E-state index contributed by atoms with van der Waals surface area (Å²) < 4.78 is 47.9. The SMILES string of the molecule is COc1cccc(C(CNS(=O)(=O)c2cc3c(cc2F)NC(=O)CC3)N(C)C)c1. The molecule has 0 aromatic heterocycles. The van der Waals surface area contributed by atoms with Gasteiger partial charge in [0.15, 0.2) is 0 Å². The van der Waals surface area contributed by atoms with Gasteiger partial charge in [-0.25, -0.2) is 17.5 Å². The summed E-state index contributed by atoms with van der Waals surface area (Å²) in [4.78, 5) is 12.9. The van der Waals surface area contributed by atoms with Gasteiger partial charge in [-0.1, -0.05) is 12.1 Å². The van der Waals surface area contributed by atoms with Gasteiger partial charge in [-0.3, -0.25) is 4.79 Å². The van der Waals surface area contributed by atoms with Crippen LogP contribution in [0, 0.1) is 5.82 Å². The zero-order valence-corrected chi connectivity index (χ0v) is 17.3. The van der Waals surface area contributed by atoms with Crippen molar-refractivity contribution >= 4 is 21.6 Å². The summed E-state index contributed by atoms with van der Waals surface area (Å²) in [5.74, 6) is -0.445. The third-order valence-corrected chi connectivity index (χ3v) is 6.35. The molecule has 0 aliphatic carbocycles. The summed E-state index contributed by atoms with van der Waals surface area (Å²) in [5, 5.41) is 2.56. The standard InChI is InChI=1S/C20H24FN3O4S/c1-24(2)18(14-5-4-6-15(9-14)28-3)12-22-29(26,27)19-10-13-7-8-20(25)23-17(13)11-16(19)21/h4-6,9-11,18,22H,7-8,12H2,1-3H3,(H,23,25). The van der Waals surface area contributed by atoms with E-state index in [1.165, 1.54) is 6.07 Å². The van der Waals surface area contributed by atoms with E-state index in [9.17, 15) is 17.6 Å². The Morgan fingerprint density at radius 1 is 1.24 bits per heavy atom. The Bertz CT molecular complexity index is 1020. The lowest BCUT2D eigenvalue weighted by molar-refractivity contribution is -0.116. The monoisotopic (exact) mass is 421 g/mol. The Labute approximate surface area is 169 Å². The number of ether oxygens (including phenoxy) is 1. The van der Waals surface area contributed by atoms with Gasteiger partial charge in [-0.05, 0) is 55.9 Å². The summed E-state index contributed by atoms with van der Waals surface area (Å²) in [6.45, 7) is 0.0514. The maximum Gasteiger partial charge on any atom is 0.243 e. The average Bonchev–Trinajstić information content (AvgIpc) is 2.67. The molecule has 1 unspecified atom stereocenters. The van der Waals surface area contributed by atoms with Crippen LogP contribution in [0.2, 0.25) is 0 Å². The molecule has 0 saturated carbocycles. The van der Waals surface area contributed by atoms with Gasteiger partial charge in [0.1, 0.15) is 16.5 Å². The molecule has 2 aromatic rings. The van der Waals surface area contributed by atoms with Gasteiger partial charge in [0, 0.05) is 24.7 Å². The van der Waals surface area contributed by atoms with E-state index in [-0.39, 0.29) is 24.9 Å². The molecule has 156 valence electrons. The smallest absolute Gasteiger partial charge is 0.243 e. The number of likely N-dealkylation sites (N-methyl/N-ethyl adjacent to an activating group) is 1. The first-order valence-corrected chi connectivity index (χ1v) is 10.6. The summed E-state index contributed by atoms with van der Waals surface area (Å²) >= 11 is 0. The number of benzene rings is 2. The molecule has 2 N–H and O–H groups in total. The third kappa shape index (κ3) is 4.75. The van der Waals surface area contributed by atoms with E-state index >= 15 is 0 Å². The highest BCUT2D eigenvalue weighted by Crippen LogP contribution is 2.28. The van der Waals surface area contributed by atoms with Crippen LogP contribution < -0.4 is 14.8 Å². The average molecular weight is 421 g/mol. The second-order valence-corrected chi connectivity index (χ2v) is 8.83. The molecule has 29 heavy (non-hydrogen) atoms. The van der Waals surface area contributed by atoms with Crippen LogP contribution in [0.5, 0.6) is 5.75 Å². The lowest BCUT2D eigenvalue weighted by Crippen LogP contribution is -2.35. The van der Waals surface area contributed by atoms with Gasteiger partial charge >= 0.3 is 0 Å². The van der Waals surface area contributed by atoms with Gasteiger partial charge in [-0.15, -0.1) is 0 Å². The first-order valence-electron chi connectivity index (χ1n) is 9.13. The molecule has 3 rings (SSSR count). The molecule has 0 spiro atoms. The predicted molar refractivity (Wildman–Crippen MR) is 108 cm³/mol. The molecular weight excluding hydrogens is 397 g/mol. The number of amides is 1. The summed E-state index contributed by atoms with van der Waals surface area (Å²) in [6.07, 6.45) is 0.609. The molecule has 1 amide bonds. The van der Waals surface area contributed by atoms with Crippen molar-refractivity contribution in [1.82, 2.24) is 9.62 Å². The first kappa shape index (κ1) is 21.2. The number of rotatable bonds is 7. The number of hydrogen-bond donors (Lipinski definition) is 2. The second-order valence-electron chi connectivity index (χ2n) is 7.10. The number of nitrogens with one attached hydrogen (secondary N) is 2. The lowest BCUT2D eigenvalue weighted by Gasteiger charge is -2.25. The quantitative estimate of drug-likeness (QED) is 0.716. The van der Waals surface area contributed by atoms with Crippen LogP contribution in [0.15, 0.2) is 41.3 Å². The number of sulfonamides is 1. The molecule has 2 aromatic carbocycles. The molecule has 1 heterocycles. The number of nitrogens with zero attached hydrogens (tertiary/aromatic N) is 1. The van der Waals surface area contributed by atoms with Gasteiger partial charge in [0.05, 0.1) is 7.11 Å². The van der Waals surface area contributed by atoms with Crippen molar-refractivity contribution in [2.24, 2.45) is 0 Å². The van der Waals surface area contributed by atoms with Crippen LogP contribution in [0.1, 0.15) is 23.6 Å². The van der Waals surface area contributed by atoms with Crippen LogP contribution in [0.4, 0.5) is 10.1 Å². The van der Waals surface area contributed by atoms with Crippen molar-refractivity contribution in [3.05, 3.63) is 53.3 Å². The zero-order valence-electron chi connectivity index (χ0n) is 16.5. The third-order valence-electron chi connectivity index (χ3n) is 4.91. The molecule has 1 aliphatic heterocycles. The van der Waals surface area contributed by atoms with Gasteiger partial charge in [0.2, 0.25) is 15.9 Å². The van der Waals surface area contributed by atoms with Crippen molar-refractivity contribution < 1.29 is 22.3 Å². The number of methoxy groups -OCH3 is 1. The van der Waals surface area contributed by atoms with Crippen LogP contribution in [0.3, 0.4) is 0 Å². The topological polar surface area (TPSA) is 87.7 Å². The van der Waals surface area contributed by atoms with Crippen molar-refractivity contribution in [2.75, 3.05) is 33.1 Å². The van der Waals surface area contributed by atoms with E-state index in [4.69, 9.17) is 4.74 Å². The van der Waals surface area contributed by atoms with E-state index in [1.807, 2.05) is 43.3 Å². The zero-order chi connectivity index (χ0) is 21.2. The van der Waals surface area contributed by atoms with Crippen LogP contribution in [-0.2, 0) is 21.2 Å². The number of fused-ring (bicyclic) bond motifs is 1. The predicted octanol–water partition coefficient (Wildman–Crippen LogP) is 2.30. The lowest BCUT2D eigenvalue weighted by atomic mass is 10.0. The Hall–Kier alpha value is -2.49. The summed E-state index contributed by atoms with van der Waals surface area (Å²) in [6, 6.07) is 9.43. The van der Waals surface area contributed by atoms with Crippen molar-refractivity contribution in [2.45, 2.75) is 23.8 Å². The van der Waals surface area contributed by atoms with Crippen LogP contribution in [0.25, 0.3) is 0 Å².